The molecule has 0 saturated heterocycles. The van der Waals surface area contributed by atoms with Gasteiger partial charge in [-0.15, -0.1) is 10.2 Å². The quantitative estimate of drug-likeness (QED) is 0.874. The summed E-state index contributed by atoms with van der Waals surface area (Å²) in [5.41, 5.74) is 0.798. The van der Waals surface area contributed by atoms with Crippen LogP contribution in [0, 0.1) is 0 Å². The molecule has 0 amide bonds. The fraction of sp³-hybridized carbons (Fsp3) is 0.429. The van der Waals surface area contributed by atoms with Crippen molar-refractivity contribution in [3.05, 3.63) is 24.1 Å². The number of nitrogens with zero attached hydrogens (tertiary/aromatic N) is 2. The molecule has 0 aliphatic heterocycles. The number of hydrogen-bond acceptors (Lipinski definition) is 6. The summed E-state index contributed by atoms with van der Waals surface area (Å²) in [6.07, 6.45) is 0.879. The zero-order valence-corrected chi connectivity index (χ0v) is 12.1. The molecule has 1 unspecified atom stereocenters. The highest BCUT2D eigenvalue weighted by Crippen LogP contribution is 2.32. The van der Waals surface area contributed by atoms with Gasteiger partial charge >= 0.3 is 0 Å². The minimum absolute atomic E-state index is 0.0661. The highest BCUT2D eigenvalue weighted by Gasteiger charge is 2.16. The first-order valence-electron chi connectivity index (χ1n) is 6.46. The van der Waals surface area contributed by atoms with Gasteiger partial charge in [-0.05, 0) is 31.7 Å². The SMILES string of the molecule is CCC(NC)c1nnc(-c2ccc(OC)c(OC)c2)o1. The highest BCUT2D eigenvalue weighted by molar-refractivity contribution is 5.59. The van der Waals surface area contributed by atoms with Gasteiger partial charge < -0.3 is 19.2 Å². The van der Waals surface area contributed by atoms with E-state index in [-0.39, 0.29) is 6.04 Å². The molecule has 0 bridgehead atoms. The number of methoxy groups -OCH3 is 2. The topological polar surface area (TPSA) is 69.4 Å². The van der Waals surface area contributed by atoms with E-state index < -0.39 is 0 Å². The Morgan fingerprint density at radius 2 is 1.95 bits per heavy atom. The molecule has 0 fully saturated rings. The molecule has 6 heteroatoms. The van der Waals surface area contributed by atoms with Crippen molar-refractivity contribution in [2.45, 2.75) is 19.4 Å². The number of rotatable bonds is 6. The van der Waals surface area contributed by atoms with E-state index in [1.807, 2.05) is 25.2 Å². The summed E-state index contributed by atoms with van der Waals surface area (Å²) < 4.78 is 16.2. The molecular formula is C14H19N3O3. The second kappa shape index (κ2) is 6.38. The lowest BCUT2D eigenvalue weighted by atomic mass is 10.2. The first kappa shape index (κ1) is 14.3. The van der Waals surface area contributed by atoms with E-state index >= 15 is 0 Å². The smallest absolute Gasteiger partial charge is 0.247 e. The third-order valence-corrected chi connectivity index (χ3v) is 3.13. The third-order valence-electron chi connectivity index (χ3n) is 3.13. The van der Waals surface area contributed by atoms with Gasteiger partial charge in [0.2, 0.25) is 11.8 Å². The van der Waals surface area contributed by atoms with Gasteiger partial charge in [0.15, 0.2) is 11.5 Å². The van der Waals surface area contributed by atoms with Crippen molar-refractivity contribution in [3.8, 4) is 23.0 Å². The van der Waals surface area contributed by atoms with E-state index in [1.165, 1.54) is 0 Å². The van der Waals surface area contributed by atoms with E-state index in [0.29, 0.717) is 23.3 Å². The summed E-state index contributed by atoms with van der Waals surface area (Å²) in [5.74, 6) is 2.34. The predicted octanol–water partition coefficient (Wildman–Crippen LogP) is 2.42. The fourth-order valence-corrected chi connectivity index (χ4v) is 1.96. The lowest BCUT2D eigenvalue weighted by Gasteiger charge is -2.08. The van der Waals surface area contributed by atoms with Crippen LogP contribution in [0.3, 0.4) is 0 Å². The Bertz CT molecular complexity index is 565. The van der Waals surface area contributed by atoms with Crippen molar-refractivity contribution in [3.63, 3.8) is 0 Å². The maximum Gasteiger partial charge on any atom is 0.247 e. The second-order valence-corrected chi connectivity index (χ2v) is 4.26. The van der Waals surface area contributed by atoms with Gasteiger partial charge in [0.1, 0.15) is 0 Å². The first-order chi connectivity index (χ1) is 9.73. The minimum Gasteiger partial charge on any atom is -0.493 e. The molecule has 1 aromatic heterocycles. The van der Waals surface area contributed by atoms with Crippen molar-refractivity contribution >= 4 is 0 Å². The van der Waals surface area contributed by atoms with Gasteiger partial charge in [0, 0.05) is 5.56 Å². The molecule has 0 spiro atoms. The lowest BCUT2D eigenvalue weighted by molar-refractivity contribution is 0.355. The third kappa shape index (κ3) is 2.75. The number of nitrogens with one attached hydrogen (secondary N) is 1. The molecule has 1 aromatic carbocycles. The number of benzene rings is 1. The average molecular weight is 277 g/mol. The van der Waals surface area contributed by atoms with Crippen LogP contribution in [0.2, 0.25) is 0 Å². The van der Waals surface area contributed by atoms with Crippen LogP contribution < -0.4 is 14.8 Å². The lowest BCUT2D eigenvalue weighted by Crippen LogP contribution is -2.15. The van der Waals surface area contributed by atoms with Gasteiger partial charge in [-0.2, -0.15) is 0 Å². The van der Waals surface area contributed by atoms with Gasteiger partial charge in [-0.3, -0.25) is 0 Å². The van der Waals surface area contributed by atoms with Crippen molar-refractivity contribution in [2.24, 2.45) is 0 Å². The Kier molecular flexibility index (Phi) is 4.57. The number of hydrogen-bond donors (Lipinski definition) is 1. The van der Waals surface area contributed by atoms with Crippen LogP contribution in [0.1, 0.15) is 25.3 Å². The monoisotopic (exact) mass is 277 g/mol. The van der Waals surface area contributed by atoms with E-state index in [1.54, 1.807) is 14.2 Å². The normalized spacial score (nSPS) is 12.2. The molecule has 0 aliphatic rings. The fourth-order valence-electron chi connectivity index (χ4n) is 1.96. The summed E-state index contributed by atoms with van der Waals surface area (Å²) in [5, 5.41) is 11.3. The predicted molar refractivity (Wildman–Crippen MR) is 74.9 cm³/mol. The van der Waals surface area contributed by atoms with Crippen molar-refractivity contribution in [1.82, 2.24) is 15.5 Å². The van der Waals surface area contributed by atoms with E-state index in [4.69, 9.17) is 13.9 Å². The second-order valence-electron chi connectivity index (χ2n) is 4.26. The van der Waals surface area contributed by atoms with Crippen LogP contribution in [0.15, 0.2) is 22.6 Å². The summed E-state index contributed by atoms with van der Waals surface area (Å²) in [6, 6.07) is 5.56. The Labute approximate surface area is 118 Å². The van der Waals surface area contributed by atoms with Gasteiger partial charge in [-0.25, -0.2) is 0 Å². The molecule has 1 N–H and O–H groups in total. The molecule has 6 nitrogen and oxygen atoms in total. The van der Waals surface area contributed by atoms with E-state index in [0.717, 1.165) is 12.0 Å². The summed E-state index contributed by atoms with van der Waals surface area (Å²) in [6.45, 7) is 2.06. The minimum atomic E-state index is 0.0661. The van der Waals surface area contributed by atoms with Gasteiger partial charge in [0.25, 0.3) is 0 Å². The Morgan fingerprint density at radius 3 is 2.55 bits per heavy atom. The number of aromatic nitrogens is 2. The van der Waals surface area contributed by atoms with Crippen LogP contribution in [0.4, 0.5) is 0 Å². The molecule has 0 radical (unpaired) electrons. The zero-order chi connectivity index (χ0) is 14.5. The molecule has 0 aliphatic carbocycles. The Balaban J connectivity index is 2.32. The maximum absolute atomic E-state index is 5.71. The maximum atomic E-state index is 5.71. The average Bonchev–Trinajstić information content (AvgIpc) is 2.97. The van der Waals surface area contributed by atoms with Crippen LogP contribution in [0.25, 0.3) is 11.5 Å². The number of ether oxygens (including phenoxy) is 2. The molecule has 20 heavy (non-hydrogen) atoms. The molecule has 108 valence electrons. The standard InChI is InChI=1S/C14H19N3O3/c1-5-10(15-2)14-17-16-13(20-14)9-6-7-11(18-3)12(8-9)19-4/h6-8,10,15H,5H2,1-4H3. The molecular weight excluding hydrogens is 258 g/mol. The van der Waals surface area contributed by atoms with Crippen LogP contribution >= 0.6 is 0 Å². The van der Waals surface area contributed by atoms with Gasteiger partial charge in [0.05, 0.1) is 20.3 Å². The first-order valence-corrected chi connectivity index (χ1v) is 6.46. The summed E-state index contributed by atoms with van der Waals surface area (Å²) in [7, 11) is 5.06. The van der Waals surface area contributed by atoms with Crippen molar-refractivity contribution in [2.75, 3.05) is 21.3 Å². The molecule has 2 aromatic rings. The Morgan fingerprint density at radius 1 is 1.20 bits per heavy atom. The van der Waals surface area contributed by atoms with Crippen LogP contribution in [-0.4, -0.2) is 31.5 Å². The van der Waals surface area contributed by atoms with E-state index in [2.05, 4.69) is 22.4 Å². The molecule has 2 rings (SSSR count). The van der Waals surface area contributed by atoms with Crippen LogP contribution in [-0.2, 0) is 0 Å². The van der Waals surface area contributed by atoms with E-state index in [9.17, 15) is 0 Å². The largest absolute Gasteiger partial charge is 0.493 e. The summed E-state index contributed by atoms with van der Waals surface area (Å²) >= 11 is 0. The molecule has 1 atom stereocenters. The summed E-state index contributed by atoms with van der Waals surface area (Å²) in [4.78, 5) is 0. The van der Waals surface area contributed by atoms with Crippen molar-refractivity contribution < 1.29 is 13.9 Å². The zero-order valence-electron chi connectivity index (χ0n) is 12.1. The molecule has 0 saturated carbocycles. The highest BCUT2D eigenvalue weighted by atomic mass is 16.5. The Hall–Kier alpha value is -2.08. The van der Waals surface area contributed by atoms with Gasteiger partial charge in [-0.1, -0.05) is 6.92 Å². The van der Waals surface area contributed by atoms with Crippen molar-refractivity contribution in [1.29, 1.82) is 0 Å². The van der Waals surface area contributed by atoms with Crippen LogP contribution in [0.5, 0.6) is 11.5 Å². The molecule has 1 heterocycles.